The predicted octanol–water partition coefficient (Wildman–Crippen LogP) is 4.57. The van der Waals surface area contributed by atoms with E-state index in [0.717, 1.165) is 17.0 Å². The van der Waals surface area contributed by atoms with Crippen LogP contribution < -0.4 is 0 Å². The molecule has 3 rings (SSSR count). The van der Waals surface area contributed by atoms with E-state index in [4.69, 9.17) is 16.3 Å². The summed E-state index contributed by atoms with van der Waals surface area (Å²) >= 11 is 6.14. The number of aromatic nitrogens is 1. The van der Waals surface area contributed by atoms with Gasteiger partial charge in [-0.3, -0.25) is 4.79 Å². The van der Waals surface area contributed by atoms with E-state index in [9.17, 15) is 18.4 Å². The summed E-state index contributed by atoms with van der Waals surface area (Å²) in [4.78, 5) is 29.7. The van der Waals surface area contributed by atoms with Crippen LogP contribution in [-0.4, -0.2) is 27.5 Å². The Hall–Kier alpha value is -2.54. The smallest absolute Gasteiger partial charge is 0.417 e. The summed E-state index contributed by atoms with van der Waals surface area (Å²) in [7, 11) is 0. The van der Waals surface area contributed by atoms with Crippen molar-refractivity contribution in [1.29, 1.82) is 0 Å². The first-order valence-corrected chi connectivity index (χ1v) is 8.15. The predicted molar refractivity (Wildman–Crippen MR) is 90.7 cm³/mol. The Morgan fingerprint density at radius 1 is 1.23 bits per heavy atom. The van der Waals surface area contributed by atoms with E-state index in [-0.39, 0.29) is 34.1 Å². The molecule has 8 heteroatoms. The molecule has 0 unspecified atom stereocenters. The molecular weight excluding hydrogens is 366 g/mol. The van der Waals surface area contributed by atoms with Crippen LogP contribution in [0.1, 0.15) is 36.8 Å². The van der Waals surface area contributed by atoms with E-state index in [2.05, 4.69) is 4.98 Å². The third-order valence-corrected chi connectivity index (χ3v) is 3.94. The van der Waals surface area contributed by atoms with Crippen molar-refractivity contribution in [3.63, 3.8) is 0 Å². The number of fused-ring (bicyclic) bond motifs is 1. The van der Waals surface area contributed by atoms with Crippen LogP contribution in [-0.2, 0) is 11.3 Å². The molecule has 0 fully saturated rings. The number of carbonyl (C=O) groups is 2. The van der Waals surface area contributed by atoms with E-state index in [1.165, 1.54) is 12.1 Å². The SMILES string of the molecule is CC(C)(C)OC(=O)N1Cc2nc(-c3c(F)cccc3F)cc(Cl)c2C1=O. The van der Waals surface area contributed by atoms with Gasteiger partial charge in [0.2, 0.25) is 0 Å². The fraction of sp³-hybridized carbons (Fsp3) is 0.278. The van der Waals surface area contributed by atoms with Crippen molar-refractivity contribution < 1.29 is 23.1 Å². The summed E-state index contributed by atoms with van der Waals surface area (Å²) in [5, 5.41) is -0.0382. The fourth-order valence-electron chi connectivity index (χ4n) is 2.60. The van der Waals surface area contributed by atoms with E-state index < -0.39 is 29.2 Å². The van der Waals surface area contributed by atoms with E-state index in [1.54, 1.807) is 20.8 Å². The van der Waals surface area contributed by atoms with Gasteiger partial charge < -0.3 is 4.74 Å². The number of imide groups is 1. The van der Waals surface area contributed by atoms with Gasteiger partial charge in [0, 0.05) is 0 Å². The van der Waals surface area contributed by atoms with Gasteiger partial charge in [0.05, 0.1) is 34.1 Å². The zero-order valence-corrected chi connectivity index (χ0v) is 15.0. The van der Waals surface area contributed by atoms with Crippen LogP contribution >= 0.6 is 11.6 Å². The second-order valence-corrected chi connectivity index (χ2v) is 7.19. The maximum absolute atomic E-state index is 14.0. The Bertz CT molecular complexity index is 905. The topological polar surface area (TPSA) is 59.5 Å². The zero-order chi connectivity index (χ0) is 19.2. The molecule has 5 nitrogen and oxygen atoms in total. The number of nitrogens with zero attached hydrogens (tertiary/aromatic N) is 2. The molecule has 2 aromatic rings. The molecule has 2 heterocycles. The second-order valence-electron chi connectivity index (χ2n) is 6.78. The van der Waals surface area contributed by atoms with Crippen molar-refractivity contribution in [2.45, 2.75) is 32.9 Å². The van der Waals surface area contributed by atoms with Crippen LogP contribution in [0.4, 0.5) is 13.6 Å². The third kappa shape index (κ3) is 3.26. The highest BCUT2D eigenvalue weighted by molar-refractivity contribution is 6.34. The van der Waals surface area contributed by atoms with Crippen molar-refractivity contribution >= 4 is 23.6 Å². The molecule has 1 aliphatic rings. The first-order valence-electron chi connectivity index (χ1n) is 7.77. The molecule has 0 atom stereocenters. The Balaban J connectivity index is 2.01. The molecule has 136 valence electrons. The van der Waals surface area contributed by atoms with Crippen LogP contribution in [0, 0.1) is 11.6 Å². The maximum Gasteiger partial charge on any atom is 0.417 e. The van der Waals surface area contributed by atoms with E-state index in [0.29, 0.717) is 0 Å². The molecule has 0 bridgehead atoms. The minimum atomic E-state index is -0.838. The van der Waals surface area contributed by atoms with Crippen LogP contribution in [0.25, 0.3) is 11.3 Å². The zero-order valence-electron chi connectivity index (χ0n) is 14.3. The fourth-order valence-corrected chi connectivity index (χ4v) is 2.89. The van der Waals surface area contributed by atoms with Crippen molar-refractivity contribution in [2.75, 3.05) is 0 Å². The molecule has 0 saturated heterocycles. The van der Waals surface area contributed by atoms with E-state index in [1.807, 2.05) is 0 Å². The molecule has 1 aromatic heterocycles. The average Bonchev–Trinajstić information content (AvgIpc) is 2.83. The summed E-state index contributed by atoms with van der Waals surface area (Å²) in [5.74, 6) is -2.27. The van der Waals surface area contributed by atoms with Gasteiger partial charge in [-0.1, -0.05) is 17.7 Å². The summed E-state index contributed by atoms with van der Waals surface area (Å²) in [6, 6.07) is 4.63. The van der Waals surface area contributed by atoms with Crippen LogP contribution in [0.2, 0.25) is 5.02 Å². The van der Waals surface area contributed by atoms with Gasteiger partial charge in [-0.15, -0.1) is 0 Å². The second kappa shape index (κ2) is 6.32. The molecule has 26 heavy (non-hydrogen) atoms. The Morgan fingerprint density at radius 2 is 1.85 bits per heavy atom. The lowest BCUT2D eigenvalue weighted by Crippen LogP contribution is -2.36. The number of hydrogen-bond donors (Lipinski definition) is 0. The van der Waals surface area contributed by atoms with Crippen LogP contribution in [0.15, 0.2) is 24.3 Å². The number of carbonyl (C=O) groups excluding carboxylic acids is 2. The van der Waals surface area contributed by atoms with E-state index >= 15 is 0 Å². The van der Waals surface area contributed by atoms with Gasteiger partial charge in [0.25, 0.3) is 5.91 Å². The average molecular weight is 381 g/mol. The Labute approximate surface area is 153 Å². The molecule has 0 saturated carbocycles. The van der Waals surface area contributed by atoms with Gasteiger partial charge in [-0.2, -0.15) is 0 Å². The van der Waals surface area contributed by atoms with Crippen molar-refractivity contribution in [2.24, 2.45) is 0 Å². The number of halogens is 3. The number of ether oxygens (including phenoxy) is 1. The number of benzene rings is 1. The lowest BCUT2D eigenvalue weighted by molar-refractivity contribution is 0.0247. The largest absolute Gasteiger partial charge is 0.443 e. The summed E-state index contributed by atoms with van der Waals surface area (Å²) in [5.41, 5.74) is -1.00. The Morgan fingerprint density at radius 3 is 2.42 bits per heavy atom. The minimum absolute atomic E-state index is 0.0259. The molecule has 0 aliphatic carbocycles. The maximum atomic E-state index is 14.0. The summed E-state index contributed by atoms with van der Waals surface area (Å²) in [6.07, 6.45) is -0.838. The summed E-state index contributed by atoms with van der Waals surface area (Å²) < 4.78 is 33.2. The third-order valence-electron chi connectivity index (χ3n) is 3.65. The number of hydrogen-bond acceptors (Lipinski definition) is 4. The number of pyridine rings is 1. The lowest BCUT2D eigenvalue weighted by Gasteiger charge is -2.23. The molecule has 0 radical (unpaired) electrons. The van der Waals surface area contributed by atoms with Gasteiger partial charge in [0.1, 0.15) is 17.2 Å². The molecular formula is C18H15ClF2N2O3. The van der Waals surface area contributed by atoms with Gasteiger partial charge in [0.15, 0.2) is 0 Å². The van der Waals surface area contributed by atoms with Gasteiger partial charge >= 0.3 is 6.09 Å². The first kappa shape index (κ1) is 18.3. The highest BCUT2D eigenvalue weighted by atomic mass is 35.5. The molecule has 0 N–H and O–H groups in total. The minimum Gasteiger partial charge on any atom is -0.443 e. The quantitative estimate of drug-likeness (QED) is 0.727. The summed E-state index contributed by atoms with van der Waals surface area (Å²) in [6.45, 7) is 4.82. The Kier molecular flexibility index (Phi) is 4.44. The van der Waals surface area contributed by atoms with Crippen molar-refractivity contribution in [1.82, 2.24) is 9.88 Å². The molecule has 2 amide bonds. The normalized spacial score (nSPS) is 13.8. The van der Waals surface area contributed by atoms with Crippen molar-refractivity contribution in [3.8, 4) is 11.3 Å². The highest BCUT2D eigenvalue weighted by Crippen LogP contribution is 2.34. The standard InChI is InChI=1S/C18H15ClF2N2O3/c1-18(2,3)26-17(25)23-8-13-14(16(23)24)9(19)7-12(22-13)15-10(20)5-4-6-11(15)21/h4-7H,8H2,1-3H3. The van der Waals surface area contributed by atoms with Crippen LogP contribution in [0.5, 0.6) is 0 Å². The van der Waals surface area contributed by atoms with Gasteiger partial charge in [-0.05, 0) is 39.0 Å². The monoisotopic (exact) mass is 380 g/mol. The molecule has 1 aromatic carbocycles. The van der Waals surface area contributed by atoms with Crippen molar-refractivity contribution in [3.05, 3.63) is 52.2 Å². The lowest BCUT2D eigenvalue weighted by atomic mass is 10.1. The van der Waals surface area contributed by atoms with Crippen LogP contribution in [0.3, 0.4) is 0 Å². The van der Waals surface area contributed by atoms with Gasteiger partial charge in [-0.25, -0.2) is 23.5 Å². The highest BCUT2D eigenvalue weighted by Gasteiger charge is 2.38. The molecule has 1 aliphatic heterocycles. The molecule has 0 spiro atoms. The number of rotatable bonds is 1. The first-order chi connectivity index (χ1) is 12.1. The number of amides is 2.